The van der Waals surface area contributed by atoms with Crippen LogP contribution in [0.1, 0.15) is 13.8 Å². The number of nitrogens with zero attached hydrogens (tertiary/aromatic N) is 3. The molecule has 16 heavy (non-hydrogen) atoms. The topological polar surface area (TPSA) is 76.3 Å². The van der Waals surface area contributed by atoms with Crippen LogP contribution in [0.2, 0.25) is 0 Å². The Labute approximate surface area is 95.8 Å². The van der Waals surface area contributed by atoms with Crippen LogP contribution in [-0.2, 0) is 0 Å². The smallest absolute Gasteiger partial charge is 0.218 e. The summed E-state index contributed by atoms with van der Waals surface area (Å²) in [7, 11) is 4.02. The molecule has 0 atom stereocenters. The molecule has 0 aliphatic carbocycles. The maximum absolute atomic E-state index is 5.59. The zero-order chi connectivity index (χ0) is 12.2. The van der Waals surface area contributed by atoms with Crippen LogP contribution in [0.15, 0.2) is 12.4 Å². The average molecular weight is 225 g/mol. The Bertz CT molecular complexity index is 340. The fourth-order valence-electron chi connectivity index (χ4n) is 0.877. The van der Waals surface area contributed by atoms with Crippen LogP contribution in [0, 0.1) is 0 Å². The molecular weight excluding hydrogens is 206 g/mol. The second-order valence-corrected chi connectivity index (χ2v) is 4.38. The van der Waals surface area contributed by atoms with E-state index in [1.54, 1.807) is 6.07 Å². The van der Waals surface area contributed by atoms with E-state index in [-0.39, 0.29) is 5.54 Å². The van der Waals surface area contributed by atoms with Crippen molar-refractivity contribution in [2.24, 2.45) is 5.84 Å². The van der Waals surface area contributed by atoms with Crippen molar-refractivity contribution in [2.75, 3.05) is 26.1 Å². The van der Waals surface area contributed by atoms with Crippen LogP contribution < -0.4 is 16.0 Å². The molecule has 1 aromatic rings. The van der Waals surface area contributed by atoms with Crippen LogP contribution in [0.5, 0.6) is 5.88 Å². The molecule has 0 aliphatic heterocycles. The van der Waals surface area contributed by atoms with Crippen molar-refractivity contribution in [1.29, 1.82) is 0 Å². The first-order valence-electron chi connectivity index (χ1n) is 5.04. The average Bonchev–Trinajstić information content (AvgIpc) is 2.26. The zero-order valence-corrected chi connectivity index (χ0v) is 10.2. The number of likely N-dealkylation sites (N-methyl/N-ethyl adjacent to an activating group) is 1. The van der Waals surface area contributed by atoms with Gasteiger partial charge in [-0.05, 0) is 27.9 Å². The van der Waals surface area contributed by atoms with Gasteiger partial charge in [-0.15, -0.1) is 0 Å². The largest absolute Gasteiger partial charge is 0.476 e. The van der Waals surface area contributed by atoms with Crippen molar-refractivity contribution in [2.45, 2.75) is 19.4 Å². The Kier molecular flexibility index (Phi) is 4.03. The summed E-state index contributed by atoms with van der Waals surface area (Å²) in [5.74, 6) is 6.29. The molecule has 0 fully saturated rings. The van der Waals surface area contributed by atoms with Crippen molar-refractivity contribution in [1.82, 2.24) is 14.9 Å². The van der Waals surface area contributed by atoms with E-state index in [0.717, 1.165) is 0 Å². The summed E-state index contributed by atoms with van der Waals surface area (Å²) in [6.07, 6.45) is 1.41. The molecule has 0 bridgehead atoms. The summed E-state index contributed by atoms with van der Waals surface area (Å²) in [5, 5.41) is 0. The van der Waals surface area contributed by atoms with E-state index in [9.17, 15) is 0 Å². The first kappa shape index (κ1) is 12.7. The van der Waals surface area contributed by atoms with Gasteiger partial charge in [-0.2, -0.15) is 0 Å². The number of ether oxygens (including phenoxy) is 1. The Morgan fingerprint density at radius 1 is 1.44 bits per heavy atom. The van der Waals surface area contributed by atoms with Gasteiger partial charge in [0.25, 0.3) is 0 Å². The molecule has 0 spiro atoms. The predicted molar refractivity (Wildman–Crippen MR) is 63.1 cm³/mol. The number of nitrogens with two attached hydrogens (primary N) is 1. The maximum Gasteiger partial charge on any atom is 0.218 e. The van der Waals surface area contributed by atoms with Gasteiger partial charge in [0.2, 0.25) is 5.88 Å². The lowest BCUT2D eigenvalue weighted by atomic mass is 10.1. The molecule has 1 heterocycles. The number of hydrogen-bond donors (Lipinski definition) is 2. The monoisotopic (exact) mass is 225 g/mol. The van der Waals surface area contributed by atoms with Crippen LogP contribution in [0.3, 0.4) is 0 Å². The highest BCUT2D eigenvalue weighted by Gasteiger charge is 2.21. The van der Waals surface area contributed by atoms with Crippen molar-refractivity contribution >= 4 is 5.82 Å². The van der Waals surface area contributed by atoms with Gasteiger partial charge in [0, 0.05) is 11.6 Å². The van der Waals surface area contributed by atoms with Crippen molar-refractivity contribution in [3.05, 3.63) is 12.4 Å². The summed E-state index contributed by atoms with van der Waals surface area (Å²) in [4.78, 5) is 10.00. The Morgan fingerprint density at radius 3 is 2.69 bits per heavy atom. The third kappa shape index (κ3) is 3.32. The fraction of sp³-hybridized carbons (Fsp3) is 0.600. The molecule has 0 saturated heterocycles. The summed E-state index contributed by atoms with van der Waals surface area (Å²) in [6.45, 7) is 4.73. The van der Waals surface area contributed by atoms with E-state index >= 15 is 0 Å². The summed E-state index contributed by atoms with van der Waals surface area (Å²) in [5.41, 5.74) is 2.39. The Morgan fingerprint density at radius 2 is 2.12 bits per heavy atom. The molecule has 0 aliphatic rings. The Hall–Kier alpha value is -1.40. The third-order valence-electron chi connectivity index (χ3n) is 2.57. The molecule has 6 nitrogen and oxygen atoms in total. The summed E-state index contributed by atoms with van der Waals surface area (Å²) < 4.78 is 5.59. The molecule has 0 radical (unpaired) electrons. The van der Waals surface area contributed by atoms with E-state index < -0.39 is 0 Å². The molecule has 0 unspecified atom stereocenters. The summed E-state index contributed by atoms with van der Waals surface area (Å²) in [6, 6.07) is 1.66. The first-order chi connectivity index (χ1) is 7.45. The molecule has 90 valence electrons. The number of rotatable bonds is 5. The number of hydrogen-bond acceptors (Lipinski definition) is 6. The quantitative estimate of drug-likeness (QED) is 0.561. The molecule has 3 N–H and O–H groups in total. The van der Waals surface area contributed by atoms with E-state index in [1.807, 2.05) is 14.1 Å². The highest BCUT2D eigenvalue weighted by Crippen LogP contribution is 2.15. The van der Waals surface area contributed by atoms with Crippen LogP contribution in [0.4, 0.5) is 5.82 Å². The number of aromatic nitrogens is 2. The van der Waals surface area contributed by atoms with E-state index in [0.29, 0.717) is 18.3 Å². The number of nitrogens with one attached hydrogen (secondary N) is 1. The van der Waals surface area contributed by atoms with Gasteiger partial charge in [0.15, 0.2) is 0 Å². The van der Waals surface area contributed by atoms with Gasteiger partial charge in [0.1, 0.15) is 18.8 Å². The van der Waals surface area contributed by atoms with E-state index in [2.05, 4.69) is 34.1 Å². The first-order valence-corrected chi connectivity index (χ1v) is 5.04. The van der Waals surface area contributed by atoms with Crippen LogP contribution >= 0.6 is 0 Å². The maximum atomic E-state index is 5.59. The van der Waals surface area contributed by atoms with Gasteiger partial charge in [-0.3, -0.25) is 0 Å². The second kappa shape index (κ2) is 5.09. The van der Waals surface area contributed by atoms with E-state index in [4.69, 9.17) is 10.6 Å². The minimum absolute atomic E-state index is 0.0543. The normalized spacial score (nSPS) is 11.6. The number of nitrogen functional groups attached to an aromatic ring is 1. The van der Waals surface area contributed by atoms with E-state index in [1.165, 1.54) is 6.33 Å². The molecule has 1 aromatic heterocycles. The lowest BCUT2D eigenvalue weighted by molar-refractivity contribution is 0.111. The van der Waals surface area contributed by atoms with Crippen LogP contribution in [-0.4, -0.2) is 41.1 Å². The standard InChI is InChI=1S/C10H19N5O/c1-10(2,15(3)4)6-16-9-5-8(14-11)12-7-13-9/h5,7H,6,11H2,1-4H3,(H,12,13,14). The van der Waals surface area contributed by atoms with Crippen molar-refractivity contribution in [3.63, 3.8) is 0 Å². The number of anilines is 1. The Balaban J connectivity index is 2.60. The minimum Gasteiger partial charge on any atom is -0.476 e. The van der Waals surface area contributed by atoms with Gasteiger partial charge >= 0.3 is 0 Å². The lowest BCUT2D eigenvalue weighted by Crippen LogP contribution is -2.43. The highest BCUT2D eigenvalue weighted by atomic mass is 16.5. The third-order valence-corrected chi connectivity index (χ3v) is 2.57. The van der Waals surface area contributed by atoms with Gasteiger partial charge in [-0.25, -0.2) is 15.8 Å². The molecule has 0 aromatic carbocycles. The second-order valence-electron chi connectivity index (χ2n) is 4.38. The zero-order valence-electron chi connectivity index (χ0n) is 10.2. The molecular formula is C10H19N5O. The highest BCUT2D eigenvalue weighted by molar-refractivity contribution is 5.35. The van der Waals surface area contributed by atoms with Crippen molar-refractivity contribution in [3.8, 4) is 5.88 Å². The number of hydrazine groups is 1. The predicted octanol–water partition coefficient (Wildman–Crippen LogP) is 0.481. The van der Waals surface area contributed by atoms with Gasteiger partial charge in [-0.1, -0.05) is 0 Å². The van der Waals surface area contributed by atoms with Gasteiger partial charge in [0.05, 0.1) is 0 Å². The fourth-order valence-corrected chi connectivity index (χ4v) is 0.877. The minimum atomic E-state index is -0.0543. The molecule has 6 heteroatoms. The lowest BCUT2D eigenvalue weighted by Gasteiger charge is -2.31. The molecule has 0 amide bonds. The summed E-state index contributed by atoms with van der Waals surface area (Å²) >= 11 is 0. The van der Waals surface area contributed by atoms with Crippen LogP contribution in [0.25, 0.3) is 0 Å². The van der Waals surface area contributed by atoms with Gasteiger partial charge < -0.3 is 15.1 Å². The SMILES string of the molecule is CN(C)C(C)(C)COc1cc(NN)ncn1. The molecule has 1 rings (SSSR count). The molecule has 0 saturated carbocycles. The van der Waals surface area contributed by atoms with Crippen molar-refractivity contribution < 1.29 is 4.74 Å².